The van der Waals surface area contributed by atoms with E-state index in [2.05, 4.69) is 5.32 Å². The van der Waals surface area contributed by atoms with Gasteiger partial charge < -0.3 is 19.7 Å². The number of carbonyl (C=O) groups is 1. The number of hydrogen-bond acceptors (Lipinski definition) is 4. The Morgan fingerprint density at radius 1 is 1.42 bits per heavy atom. The molecule has 19 heavy (non-hydrogen) atoms. The van der Waals surface area contributed by atoms with Crippen molar-refractivity contribution in [3.63, 3.8) is 0 Å². The predicted molar refractivity (Wildman–Crippen MR) is 73.2 cm³/mol. The van der Waals surface area contributed by atoms with Gasteiger partial charge in [-0.3, -0.25) is 4.79 Å². The van der Waals surface area contributed by atoms with Gasteiger partial charge in [-0.15, -0.1) is 12.4 Å². The first kappa shape index (κ1) is 14.0. The molecule has 2 aliphatic rings. The molecule has 1 atom stereocenters. The van der Waals surface area contributed by atoms with Crippen molar-refractivity contribution in [1.82, 2.24) is 10.2 Å². The molecule has 0 spiro atoms. The second kappa shape index (κ2) is 5.67. The summed E-state index contributed by atoms with van der Waals surface area (Å²) >= 11 is 0. The minimum absolute atomic E-state index is 0. The average molecular weight is 285 g/mol. The van der Waals surface area contributed by atoms with Crippen LogP contribution in [0.2, 0.25) is 0 Å². The monoisotopic (exact) mass is 284 g/mol. The SMILES string of the molecule is C[C@@H]1CNCCN1C(=O)c1cccc2c1OCO2.Cl. The highest BCUT2D eigenvalue weighted by atomic mass is 35.5. The van der Waals surface area contributed by atoms with Gasteiger partial charge in [0.05, 0.1) is 5.56 Å². The first-order chi connectivity index (χ1) is 8.77. The third-order valence-corrected chi connectivity index (χ3v) is 3.39. The number of hydrogen-bond donors (Lipinski definition) is 1. The molecule has 0 bridgehead atoms. The van der Waals surface area contributed by atoms with Crippen molar-refractivity contribution in [3.05, 3.63) is 23.8 Å². The summed E-state index contributed by atoms with van der Waals surface area (Å²) in [6.07, 6.45) is 0. The van der Waals surface area contributed by atoms with Crippen molar-refractivity contribution in [2.75, 3.05) is 26.4 Å². The summed E-state index contributed by atoms with van der Waals surface area (Å²) in [4.78, 5) is 14.4. The molecule has 0 saturated carbocycles. The van der Waals surface area contributed by atoms with Gasteiger partial charge in [-0.2, -0.15) is 0 Å². The van der Waals surface area contributed by atoms with Gasteiger partial charge in [0, 0.05) is 25.7 Å². The van der Waals surface area contributed by atoms with E-state index in [0.717, 1.165) is 19.6 Å². The smallest absolute Gasteiger partial charge is 0.258 e. The number of nitrogens with zero attached hydrogens (tertiary/aromatic N) is 1. The molecular weight excluding hydrogens is 268 g/mol. The summed E-state index contributed by atoms with van der Waals surface area (Å²) < 4.78 is 10.7. The maximum absolute atomic E-state index is 12.5. The molecule has 1 fully saturated rings. The van der Waals surface area contributed by atoms with Crippen molar-refractivity contribution in [3.8, 4) is 11.5 Å². The van der Waals surface area contributed by atoms with E-state index >= 15 is 0 Å². The molecule has 3 rings (SSSR count). The van der Waals surface area contributed by atoms with Gasteiger partial charge in [0.1, 0.15) is 0 Å². The molecule has 1 aromatic carbocycles. The zero-order valence-electron chi connectivity index (χ0n) is 10.7. The van der Waals surface area contributed by atoms with Crippen LogP contribution < -0.4 is 14.8 Å². The molecule has 0 aromatic heterocycles. The standard InChI is InChI=1S/C13H16N2O3.ClH/c1-9-7-14-5-6-15(9)13(16)10-3-2-4-11-12(10)18-8-17-11;/h2-4,9,14H,5-8H2,1H3;1H/t9-;/m1./s1. The zero-order chi connectivity index (χ0) is 12.5. The summed E-state index contributed by atoms with van der Waals surface area (Å²) in [7, 11) is 0. The molecule has 104 valence electrons. The number of carbonyl (C=O) groups excluding carboxylic acids is 1. The Balaban J connectivity index is 0.00000133. The van der Waals surface area contributed by atoms with Crippen LogP contribution in [0.25, 0.3) is 0 Å². The topological polar surface area (TPSA) is 50.8 Å². The molecular formula is C13H17ClN2O3. The van der Waals surface area contributed by atoms with Crippen molar-refractivity contribution >= 4 is 18.3 Å². The molecule has 6 heteroatoms. The number of benzene rings is 1. The number of amides is 1. The van der Waals surface area contributed by atoms with Gasteiger partial charge in [0.2, 0.25) is 6.79 Å². The molecule has 0 unspecified atom stereocenters. The number of para-hydroxylation sites is 1. The number of rotatable bonds is 1. The number of nitrogens with one attached hydrogen (secondary N) is 1. The van der Waals surface area contributed by atoms with E-state index in [1.54, 1.807) is 6.07 Å². The Labute approximate surface area is 118 Å². The molecule has 0 aliphatic carbocycles. The van der Waals surface area contributed by atoms with Crippen LogP contribution in [0.3, 0.4) is 0 Å². The van der Waals surface area contributed by atoms with Gasteiger partial charge in [0.15, 0.2) is 11.5 Å². The Morgan fingerprint density at radius 2 is 2.26 bits per heavy atom. The Kier molecular flexibility index (Phi) is 4.17. The fourth-order valence-electron chi connectivity index (χ4n) is 2.40. The number of ether oxygens (including phenoxy) is 2. The van der Waals surface area contributed by atoms with E-state index in [4.69, 9.17) is 9.47 Å². The number of piperazine rings is 1. The molecule has 1 aromatic rings. The second-order valence-electron chi connectivity index (χ2n) is 4.59. The molecule has 1 N–H and O–H groups in total. The molecule has 2 aliphatic heterocycles. The van der Waals surface area contributed by atoms with Crippen molar-refractivity contribution in [1.29, 1.82) is 0 Å². The third-order valence-electron chi connectivity index (χ3n) is 3.39. The fraction of sp³-hybridized carbons (Fsp3) is 0.462. The minimum atomic E-state index is 0. The van der Waals surface area contributed by atoms with Crippen LogP contribution >= 0.6 is 12.4 Å². The third kappa shape index (κ3) is 2.48. The molecule has 2 heterocycles. The van der Waals surface area contributed by atoms with Crippen molar-refractivity contribution in [2.24, 2.45) is 0 Å². The predicted octanol–water partition coefficient (Wildman–Crippen LogP) is 1.27. The minimum Gasteiger partial charge on any atom is -0.454 e. The van der Waals surface area contributed by atoms with E-state index in [1.807, 2.05) is 24.0 Å². The fourth-order valence-corrected chi connectivity index (χ4v) is 2.40. The Hall–Kier alpha value is -1.46. The lowest BCUT2D eigenvalue weighted by Crippen LogP contribution is -2.52. The second-order valence-corrected chi connectivity index (χ2v) is 4.59. The van der Waals surface area contributed by atoms with Gasteiger partial charge in [-0.1, -0.05) is 6.07 Å². The van der Waals surface area contributed by atoms with Gasteiger partial charge in [-0.25, -0.2) is 0 Å². The van der Waals surface area contributed by atoms with Gasteiger partial charge in [0.25, 0.3) is 5.91 Å². The number of fused-ring (bicyclic) bond motifs is 1. The lowest BCUT2D eigenvalue weighted by atomic mass is 10.1. The van der Waals surface area contributed by atoms with E-state index in [1.165, 1.54) is 0 Å². The summed E-state index contributed by atoms with van der Waals surface area (Å²) in [5.41, 5.74) is 0.596. The highest BCUT2D eigenvalue weighted by molar-refractivity contribution is 5.98. The van der Waals surface area contributed by atoms with Crippen LogP contribution in [0.1, 0.15) is 17.3 Å². The van der Waals surface area contributed by atoms with E-state index in [0.29, 0.717) is 17.1 Å². The first-order valence-corrected chi connectivity index (χ1v) is 6.17. The summed E-state index contributed by atoms with van der Waals surface area (Å²) in [5.74, 6) is 1.25. The van der Waals surface area contributed by atoms with Crippen LogP contribution in [0.4, 0.5) is 0 Å². The first-order valence-electron chi connectivity index (χ1n) is 6.17. The maximum Gasteiger partial charge on any atom is 0.258 e. The Bertz CT molecular complexity index is 481. The van der Waals surface area contributed by atoms with E-state index < -0.39 is 0 Å². The lowest BCUT2D eigenvalue weighted by Gasteiger charge is -2.34. The van der Waals surface area contributed by atoms with Crippen molar-refractivity contribution < 1.29 is 14.3 Å². The molecule has 1 saturated heterocycles. The van der Waals surface area contributed by atoms with E-state index in [9.17, 15) is 4.79 Å². The zero-order valence-corrected chi connectivity index (χ0v) is 11.5. The highest BCUT2D eigenvalue weighted by Crippen LogP contribution is 2.36. The largest absolute Gasteiger partial charge is 0.454 e. The molecule has 0 radical (unpaired) electrons. The van der Waals surface area contributed by atoms with Gasteiger partial charge in [-0.05, 0) is 19.1 Å². The maximum atomic E-state index is 12.5. The molecule has 1 amide bonds. The summed E-state index contributed by atoms with van der Waals surface area (Å²) in [6, 6.07) is 5.64. The van der Waals surface area contributed by atoms with Crippen LogP contribution in [0.15, 0.2) is 18.2 Å². The van der Waals surface area contributed by atoms with Crippen LogP contribution in [0, 0.1) is 0 Å². The van der Waals surface area contributed by atoms with Crippen LogP contribution in [-0.2, 0) is 0 Å². The van der Waals surface area contributed by atoms with Crippen LogP contribution in [-0.4, -0.2) is 43.3 Å². The van der Waals surface area contributed by atoms with Crippen molar-refractivity contribution in [2.45, 2.75) is 13.0 Å². The quantitative estimate of drug-likeness (QED) is 0.844. The Morgan fingerprint density at radius 3 is 3.05 bits per heavy atom. The van der Waals surface area contributed by atoms with Crippen LogP contribution in [0.5, 0.6) is 11.5 Å². The van der Waals surface area contributed by atoms with Gasteiger partial charge >= 0.3 is 0 Å². The summed E-state index contributed by atoms with van der Waals surface area (Å²) in [6.45, 7) is 4.63. The summed E-state index contributed by atoms with van der Waals surface area (Å²) in [5, 5.41) is 3.27. The lowest BCUT2D eigenvalue weighted by molar-refractivity contribution is 0.0651. The van der Waals surface area contributed by atoms with E-state index in [-0.39, 0.29) is 31.1 Å². The highest BCUT2D eigenvalue weighted by Gasteiger charge is 2.29. The number of halogens is 1. The average Bonchev–Trinajstić information content (AvgIpc) is 2.86. The molecule has 5 nitrogen and oxygen atoms in total. The normalized spacial score (nSPS) is 20.9.